The van der Waals surface area contributed by atoms with Gasteiger partial charge in [-0.3, -0.25) is 4.79 Å². The minimum atomic E-state index is 0.214. The zero-order valence-corrected chi connectivity index (χ0v) is 6.48. The summed E-state index contributed by atoms with van der Waals surface area (Å²) in [4.78, 5) is 12.2. The molecule has 0 aromatic carbocycles. The van der Waals surface area contributed by atoms with E-state index in [1.54, 1.807) is 6.92 Å². The van der Waals surface area contributed by atoms with Crippen molar-refractivity contribution in [2.24, 2.45) is 0 Å². The van der Waals surface area contributed by atoms with Crippen LogP contribution >= 0.6 is 0 Å². The topological polar surface area (TPSA) is 20.3 Å². The van der Waals surface area contributed by atoms with Gasteiger partial charge in [-0.1, -0.05) is 13.8 Å². The molecule has 0 atom stereocenters. The lowest BCUT2D eigenvalue weighted by molar-refractivity contribution is -0.132. The molecule has 0 radical (unpaired) electrons. The lowest BCUT2D eigenvalue weighted by Gasteiger charge is -2.29. The number of hydrogen-bond acceptors (Lipinski definition) is 1. The predicted octanol–water partition coefficient (Wildman–Crippen LogP) is 1.26. The molecule has 0 saturated carbocycles. The number of amides is 1. The summed E-state index contributed by atoms with van der Waals surface area (Å²) in [6.45, 7) is 7.57. The smallest absolute Gasteiger partial charge is 0.219 e. The molecule has 0 aromatic heterocycles. The van der Waals surface area contributed by atoms with E-state index in [2.05, 4.69) is 0 Å². The first-order valence-corrected chi connectivity index (χ1v) is 3.56. The van der Waals surface area contributed by atoms with E-state index in [9.17, 15) is 4.79 Å². The molecule has 1 amide bonds. The Balaban J connectivity index is 0.000000291. The summed E-state index contributed by atoms with van der Waals surface area (Å²) >= 11 is 0. The van der Waals surface area contributed by atoms with Crippen LogP contribution in [0.3, 0.4) is 0 Å². The number of hydrogen-bond donors (Lipinski definition) is 0. The highest BCUT2D eigenvalue weighted by atomic mass is 16.2. The van der Waals surface area contributed by atoms with E-state index in [1.165, 1.54) is 6.42 Å². The first kappa shape index (κ1) is 8.47. The van der Waals surface area contributed by atoms with Crippen molar-refractivity contribution in [3.8, 4) is 0 Å². The number of carbonyl (C=O) groups is 1. The van der Waals surface area contributed by atoms with Gasteiger partial charge in [0.05, 0.1) is 0 Å². The third-order valence-electron chi connectivity index (χ3n) is 1.30. The van der Waals surface area contributed by atoms with Crippen molar-refractivity contribution < 1.29 is 4.79 Å². The number of rotatable bonds is 0. The predicted molar refractivity (Wildman–Crippen MR) is 38.2 cm³/mol. The van der Waals surface area contributed by atoms with E-state index in [0.29, 0.717) is 0 Å². The maximum Gasteiger partial charge on any atom is 0.219 e. The zero-order valence-electron chi connectivity index (χ0n) is 6.48. The maximum absolute atomic E-state index is 10.4. The fourth-order valence-electron chi connectivity index (χ4n) is 0.631. The quantitative estimate of drug-likeness (QED) is 0.482. The second-order valence-electron chi connectivity index (χ2n) is 1.86. The molecule has 0 aromatic rings. The van der Waals surface area contributed by atoms with Crippen LogP contribution in [0.1, 0.15) is 27.2 Å². The van der Waals surface area contributed by atoms with Crippen LogP contribution in [0.15, 0.2) is 0 Å². The first-order chi connectivity index (χ1) is 4.30. The van der Waals surface area contributed by atoms with Crippen molar-refractivity contribution in [2.45, 2.75) is 27.2 Å². The normalized spacial score (nSPS) is 15.2. The van der Waals surface area contributed by atoms with Gasteiger partial charge in [0.15, 0.2) is 0 Å². The van der Waals surface area contributed by atoms with Crippen LogP contribution < -0.4 is 0 Å². The summed E-state index contributed by atoms with van der Waals surface area (Å²) in [5, 5.41) is 0. The highest BCUT2D eigenvalue weighted by molar-refractivity contribution is 5.73. The molecule has 2 nitrogen and oxygen atoms in total. The second-order valence-corrected chi connectivity index (χ2v) is 1.86. The van der Waals surface area contributed by atoms with Gasteiger partial charge in [-0.2, -0.15) is 0 Å². The highest BCUT2D eigenvalue weighted by Gasteiger charge is 2.14. The van der Waals surface area contributed by atoms with E-state index < -0.39 is 0 Å². The Morgan fingerprint density at radius 2 is 1.78 bits per heavy atom. The minimum absolute atomic E-state index is 0.214. The van der Waals surface area contributed by atoms with E-state index in [0.717, 1.165) is 13.1 Å². The van der Waals surface area contributed by atoms with Crippen LogP contribution in [0.5, 0.6) is 0 Å². The van der Waals surface area contributed by atoms with Crippen LogP contribution in [0.2, 0.25) is 0 Å². The highest BCUT2D eigenvalue weighted by Crippen LogP contribution is 2.03. The molecule has 9 heavy (non-hydrogen) atoms. The Morgan fingerprint density at radius 3 is 1.78 bits per heavy atom. The van der Waals surface area contributed by atoms with Gasteiger partial charge in [0.25, 0.3) is 0 Å². The maximum atomic E-state index is 10.4. The molecule has 0 unspecified atom stereocenters. The van der Waals surface area contributed by atoms with Crippen molar-refractivity contribution >= 4 is 5.91 Å². The molecule has 0 aliphatic carbocycles. The SMILES string of the molecule is CC.CC(=O)N1CCC1. The van der Waals surface area contributed by atoms with Crippen LogP contribution in [0.4, 0.5) is 0 Å². The fourth-order valence-corrected chi connectivity index (χ4v) is 0.631. The molecule has 1 saturated heterocycles. The van der Waals surface area contributed by atoms with Crippen molar-refractivity contribution in [3.05, 3.63) is 0 Å². The summed E-state index contributed by atoms with van der Waals surface area (Å²) in [6, 6.07) is 0. The Labute approximate surface area is 56.9 Å². The van der Waals surface area contributed by atoms with Crippen molar-refractivity contribution in [3.63, 3.8) is 0 Å². The first-order valence-electron chi connectivity index (χ1n) is 3.56. The molecule has 0 bridgehead atoms. The Bertz CT molecular complexity index is 86.9. The Morgan fingerprint density at radius 1 is 1.33 bits per heavy atom. The molecule has 0 spiro atoms. The molecule has 2 heteroatoms. The van der Waals surface area contributed by atoms with Gasteiger partial charge < -0.3 is 4.90 Å². The van der Waals surface area contributed by atoms with Gasteiger partial charge in [-0.25, -0.2) is 0 Å². The standard InChI is InChI=1S/C5H9NO.C2H6/c1-5(7)6-3-2-4-6;1-2/h2-4H2,1H3;1-2H3. The summed E-state index contributed by atoms with van der Waals surface area (Å²) < 4.78 is 0. The van der Waals surface area contributed by atoms with E-state index >= 15 is 0 Å². The molecule has 1 aliphatic heterocycles. The molecule has 1 fully saturated rings. The largest absolute Gasteiger partial charge is 0.343 e. The molecule has 54 valence electrons. The van der Waals surface area contributed by atoms with Gasteiger partial charge >= 0.3 is 0 Å². The Hall–Kier alpha value is -0.530. The van der Waals surface area contributed by atoms with Crippen LogP contribution in [0.25, 0.3) is 0 Å². The summed E-state index contributed by atoms with van der Waals surface area (Å²) in [7, 11) is 0. The lowest BCUT2D eigenvalue weighted by Crippen LogP contribution is -2.40. The number of carbonyl (C=O) groups excluding carboxylic acids is 1. The average Bonchev–Trinajstić information content (AvgIpc) is 1.65. The van der Waals surface area contributed by atoms with Crippen molar-refractivity contribution in [2.75, 3.05) is 13.1 Å². The van der Waals surface area contributed by atoms with Crippen LogP contribution in [0, 0.1) is 0 Å². The molecular formula is C7H15NO. The second kappa shape index (κ2) is 4.36. The fraction of sp³-hybridized carbons (Fsp3) is 0.857. The third kappa shape index (κ3) is 2.49. The van der Waals surface area contributed by atoms with Crippen molar-refractivity contribution in [1.29, 1.82) is 0 Å². The van der Waals surface area contributed by atoms with Crippen molar-refractivity contribution in [1.82, 2.24) is 4.90 Å². The minimum Gasteiger partial charge on any atom is -0.343 e. The monoisotopic (exact) mass is 129 g/mol. The van der Waals surface area contributed by atoms with E-state index in [4.69, 9.17) is 0 Å². The molecule has 1 heterocycles. The van der Waals surface area contributed by atoms with Crippen LogP contribution in [-0.4, -0.2) is 23.9 Å². The van der Waals surface area contributed by atoms with Gasteiger partial charge in [0, 0.05) is 20.0 Å². The average molecular weight is 129 g/mol. The van der Waals surface area contributed by atoms with Gasteiger partial charge in [-0.15, -0.1) is 0 Å². The van der Waals surface area contributed by atoms with Gasteiger partial charge in [-0.05, 0) is 6.42 Å². The summed E-state index contributed by atoms with van der Waals surface area (Å²) in [5.41, 5.74) is 0. The summed E-state index contributed by atoms with van der Waals surface area (Å²) in [5.74, 6) is 0.214. The third-order valence-corrected chi connectivity index (χ3v) is 1.30. The molecular weight excluding hydrogens is 114 g/mol. The number of nitrogens with zero attached hydrogens (tertiary/aromatic N) is 1. The van der Waals surface area contributed by atoms with Gasteiger partial charge in [0.1, 0.15) is 0 Å². The molecule has 0 N–H and O–H groups in total. The lowest BCUT2D eigenvalue weighted by atomic mass is 10.2. The van der Waals surface area contributed by atoms with E-state index in [-0.39, 0.29) is 5.91 Å². The van der Waals surface area contributed by atoms with E-state index in [1.807, 2.05) is 18.7 Å². The number of likely N-dealkylation sites (tertiary alicyclic amines) is 1. The Kier molecular flexibility index (Phi) is 4.10. The molecule has 1 rings (SSSR count). The molecule has 1 aliphatic rings. The van der Waals surface area contributed by atoms with Gasteiger partial charge in [0.2, 0.25) is 5.91 Å². The summed E-state index contributed by atoms with van der Waals surface area (Å²) in [6.07, 6.45) is 1.19. The van der Waals surface area contributed by atoms with Crippen LogP contribution in [-0.2, 0) is 4.79 Å². The zero-order chi connectivity index (χ0) is 7.28.